The second kappa shape index (κ2) is 6.26. The number of benzene rings is 1. The summed E-state index contributed by atoms with van der Waals surface area (Å²) in [7, 11) is 1.38. The monoisotopic (exact) mass is 290 g/mol. The zero-order valence-corrected chi connectivity index (χ0v) is 12.7. The van der Waals surface area contributed by atoms with E-state index >= 15 is 0 Å². The first-order chi connectivity index (χ1) is 9.95. The number of amides is 1. The Morgan fingerprint density at radius 3 is 2.48 bits per heavy atom. The van der Waals surface area contributed by atoms with Crippen LogP contribution in [-0.2, 0) is 19.7 Å². The van der Waals surface area contributed by atoms with E-state index in [4.69, 9.17) is 4.74 Å². The largest absolute Gasteiger partial charge is 0.468 e. The molecule has 1 aromatic rings. The fraction of sp³-hybridized carbons (Fsp3) is 0.500. The first kappa shape index (κ1) is 15.5. The zero-order chi connectivity index (χ0) is 15.5. The Kier molecular flexibility index (Phi) is 4.63. The fourth-order valence-corrected chi connectivity index (χ4v) is 2.48. The Bertz CT molecular complexity index is 517. The first-order valence-corrected chi connectivity index (χ1v) is 7.18. The molecule has 2 N–H and O–H groups in total. The van der Waals surface area contributed by atoms with Gasteiger partial charge in [-0.3, -0.25) is 9.59 Å². The van der Waals surface area contributed by atoms with Crippen molar-refractivity contribution in [2.24, 2.45) is 0 Å². The van der Waals surface area contributed by atoms with E-state index in [1.165, 1.54) is 7.11 Å². The standard InChI is InChI=1S/C16H22N2O3/c1-16(2,15(20)21-3)11-6-8-12(9-7-11)18-14(19)13-5-4-10-17-13/h6-9,13,17H,4-5,10H2,1-3H3,(H,18,19). The number of anilines is 1. The van der Waals surface area contributed by atoms with E-state index in [1.807, 2.05) is 38.1 Å². The van der Waals surface area contributed by atoms with Crippen molar-refractivity contribution in [1.29, 1.82) is 0 Å². The van der Waals surface area contributed by atoms with Crippen molar-refractivity contribution < 1.29 is 14.3 Å². The van der Waals surface area contributed by atoms with Crippen LogP contribution in [0.2, 0.25) is 0 Å². The summed E-state index contributed by atoms with van der Waals surface area (Å²) in [4.78, 5) is 23.8. The average molecular weight is 290 g/mol. The molecule has 1 aliphatic heterocycles. The molecule has 21 heavy (non-hydrogen) atoms. The summed E-state index contributed by atoms with van der Waals surface area (Å²) in [6.07, 6.45) is 1.91. The van der Waals surface area contributed by atoms with Crippen LogP contribution in [0.25, 0.3) is 0 Å². The van der Waals surface area contributed by atoms with Gasteiger partial charge in [0, 0.05) is 5.69 Å². The van der Waals surface area contributed by atoms with E-state index in [0.29, 0.717) is 0 Å². The lowest BCUT2D eigenvalue weighted by Gasteiger charge is -2.22. The molecule has 5 heteroatoms. The summed E-state index contributed by atoms with van der Waals surface area (Å²) in [5.74, 6) is -0.290. The minimum atomic E-state index is -0.704. The Labute approximate surface area is 125 Å². The number of hydrogen-bond acceptors (Lipinski definition) is 4. The fourth-order valence-electron chi connectivity index (χ4n) is 2.48. The Balaban J connectivity index is 2.05. The zero-order valence-electron chi connectivity index (χ0n) is 12.7. The average Bonchev–Trinajstić information content (AvgIpc) is 3.01. The van der Waals surface area contributed by atoms with Gasteiger partial charge in [0.05, 0.1) is 18.6 Å². The van der Waals surface area contributed by atoms with Crippen LogP contribution in [0.15, 0.2) is 24.3 Å². The molecule has 0 saturated carbocycles. The SMILES string of the molecule is COC(=O)C(C)(C)c1ccc(NC(=O)C2CCCN2)cc1. The molecule has 5 nitrogen and oxygen atoms in total. The number of carbonyl (C=O) groups is 2. The van der Waals surface area contributed by atoms with Gasteiger partial charge in [0.15, 0.2) is 0 Å². The predicted octanol–water partition coefficient (Wildman–Crippen LogP) is 1.83. The molecule has 0 aromatic heterocycles. The summed E-state index contributed by atoms with van der Waals surface area (Å²) < 4.78 is 4.81. The molecule has 1 saturated heterocycles. The number of esters is 1. The molecule has 0 radical (unpaired) electrons. The van der Waals surface area contributed by atoms with Crippen LogP contribution >= 0.6 is 0 Å². The Morgan fingerprint density at radius 1 is 1.29 bits per heavy atom. The number of rotatable bonds is 4. The van der Waals surface area contributed by atoms with Crippen molar-refractivity contribution in [3.05, 3.63) is 29.8 Å². The van der Waals surface area contributed by atoms with Gasteiger partial charge in [-0.05, 0) is 50.9 Å². The quantitative estimate of drug-likeness (QED) is 0.830. The topological polar surface area (TPSA) is 67.4 Å². The van der Waals surface area contributed by atoms with Gasteiger partial charge in [-0.25, -0.2) is 0 Å². The molecular weight excluding hydrogens is 268 g/mol. The van der Waals surface area contributed by atoms with Crippen molar-refractivity contribution >= 4 is 17.6 Å². The highest BCUT2D eigenvalue weighted by Crippen LogP contribution is 2.26. The van der Waals surface area contributed by atoms with Gasteiger partial charge in [-0.1, -0.05) is 12.1 Å². The van der Waals surface area contributed by atoms with Crippen LogP contribution < -0.4 is 10.6 Å². The summed E-state index contributed by atoms with van der Waals surface area (Å²) in [5, 5.41) is 6.05. The minimum absolute atomic E-state index is 0.00696. The van der Waals surface area contributed by atoms with Gasteiger partial charge in [0.2, 0.25) is 5.91 Å². The number of hydrogen-bond donors (Lipinski definition) is 2. The summed E-state index contributed by atoms with van der Waals surface area (Å²) in [5.41, 5.74) is 0.883. The maximum atomic E-state index is 12.0. The molecule has 1 aromatic carbocycles. The molecule has 2 rings (SSSR count). The maximum Gasteiger partial charge on any atom is 0.315 e. The Hall–Kier alpha value is -1.88. The third-order valence-electron chi connectivity index (χ3n) is 3.95. The second-order valence-corrected chi connectivity index (χ2v) is 5.83. The molecule has 0 spiro atoms. The number of nitrogens with one attached hydrogen (secondary N) is 2. The third-order valence-corrected chi connectivity index (χ3v) is 3.95. The van der Waals surface area contributed by atoms with Gasteiger partial charge in [-0.15, -0.1) is 0 Å². The van der Waals surface area contributed by atoms with Crippen LogP contribution in [-0.4, -0.2) is 31.6 Å². The normalized spacial score (nSPS) is 18.3. The molecular formula is C16H22N2O3. The molecule has 1 fully saturated rings. The summed E-state index contributed by atoms with van der Waals surface area (Å²) in [6, 6.07) is 7.21. The van der Waals surface area contributed by atoms with Gasteiger partial charge < -0.3 is 15.4 Å². The molecule has 1 atom stereocenters. The van der Waals surface area contributed by atoms with E-state index < -0.39 is 5.41 Å². The highest BCUT2D eigenvalue weighted by atomic mass is 16.5. The minimum Gasteiger partial charge on any atom is -0.468 e. The molecule has 1 unspecified atom stereocenters. The van der Waals surface area contributed by atoms with Gasteiger partial charge in [0.25, 0.3) is 0 Å². The summed E-state index contributed by atoms with van der Waals surface area (Å²) in [6.45, 7) is 4.52. The van der Waals surface area contributed by atoms with E-state index in [2.05, 4.69) is 10.6 Å². The van der Waals surface area contributed by atoms with E-state index in [1.54, 1.807) is 0 Å². The molecule has 1 aliphatic rings. The first-order valence-electron chi connectivity index (χ1n) is 7.18. The van der Waals surface area contributed by atoms with Crippen LogP contribution in [0.1, 0.15) is 32.3 Å². The van der Waals surface area contributed by atoms with Crippen molar-refractivity contribution in [1.82, 2.24) is 5.32 Å². The summed E-state index contributed by atoms with van der Waals surface area (Å²) >= 11 is 0. The van der Waals surface area contributed by atoms with Gasteiger partial charge in [0.1, 0.15) is 0 Å². The van der Waals surface area contributed by atoms with E-state index in [9.17, 15) is 9.59 Å². The lowest BCUT2D eigenvalue weighted by molar-refractivity contribution is -0.146. The van der Waals surface area contributed by atoms with E-state index in [0.717, 1.165) is 30.6 Å². The Morgan fingerprint density at radius 2 is 1.95 bits per heavy atom. The molecule has 1 amide bonds. The third kappa shape index (κ3) is 3.42. The lowest BCUT2D eigenvalue weighted by atomic mass is 9.85. The second-order valence-electron chi connectivity index (χ2n) is 5.83. The number of carbonyl (C=O) groups excluding carboxylic acids is 2. The van der Waals surface area contributed by atoms with Crippen LogP contribution in [0.3, 0.4) is 0 Å². The maximum absolute atomic E-state index is 12.0. The van der Waals surface area contributed by atoms with Crippen molar-refractivity contribution in [3.8, 4) is 0 Å². The van der Waals surface area contributed by atoms with Crippen LogP contribution in [0.5, 0.6) is 0 Å². The van der Waals surface area contributed by atoms with Crippen molar-refractivity contribution in [2.45, 2.75) is 38.1 Å². The molecule has 0 aliphatic carbocycles. The van der Waals surface area contributed by atoms with Crippen LogP contribution in [0.4, 0.5) is 5.69 Å². The van der Waals surface area contributed by atoms with E-state index in [-0.39, 0.29) is 17.9 Å². The number of ether oxygens (including phenoxy) is 1. The lowest BCUT2D eigenvalue weighted by Crippen LogP contribution is -2.35. The predicted molar refractivity (Wildman–Crippen MR) is 81.1 cm³/mol. The highest BCUT2D eigenvalue weighted by Gasteiger charge is 2.30. The van der Waals surface area contributed by atoms with Crippen LogP contribution in [0, 0.1) is 0 Å². The smallest absolute Gasteiger partial charge is 0.315 e. The molecule has 114 valence electrons. The van der Waals surface area contributed by atoms with Gasteiger partial charge in [-0.2, -0.15) is 0 Å². The number of methoxy groups -OCH3 is 1. The van der Waals surface area contributed by atoms with Crippen molar-refractivity contribution in [3.63, 3.8) is 0 Å². The highest BCUT2D eigenvalue weighted by molar-refractivity contribution is 5.95. The van der Waals surface area contributed by atoms with Crippen molar-refractivity contribution in [2.75, 3.05) is 19.0 Å². The molecule has 0 bridgehead atoms. The molecule has 1 heterocycles. The van der Waals surface area contributed by atoms with Gasteiger partial charge >= 0.3 is 5.97 Å².